The number of ether oxygens (including phenoxy) is 2. The molecule has 0 radical (unpaired) electrons. The fourth-order valence-corrected chi connectivity index (χ4v) is 3.05. The normalized spacial score (nSPS) is 14.8. The average molecular weight is 311 g/mol. The van der Waals surface area contributed by atoms with Crippen molar-refractivity contribution >= 4 is 0 Å². The molecular weight excluding hydrogens is 286 g/mol. The second-order valence-corrected chi connectivity index (χ2v) is 6.10. The van der Waals surface area contributed by atoms with Crippen molar-refractivity contribution in [3.63, 3.8) is 0 Å². The summed E-state index contributed by atoms with van der Waals surface area (Å²) in [4.78, 5) is 0. The predicted molar refractivity (Wildman–Crippen MR) is 92.9 cm³/mol. The Balaban J connectivity index is 1.57. The maximum absolute atomic E-state index is 6.08. The van der Waals surface area contributed by atoms with Gasteiger partial charge in [-0.05, 0) is 48.9 Å². The Labute approximate surface area is 138 Å². The molecule has 0 aromatic heterocycles. The number of hydrogen-bond donors (Lipinski definition) is 1. The van der Waals surface area contributed by atoms with Crippen LogP contribution in [0.1, 0.15) is 36.8 Å². The van der Waals surface area contributed by atoms with Gasteiger partial charge in [-0.25, -0.2) is 0 Å². The number of benzene rings is 2. The van der Waals surface area contributed by atoms with E-state index in [2.05, 4.69) is 41.7 Å². The van der Waals surface area contributed by atoms with Crippen molar-refractivity contribution in [3.8, 4) is 11.5 Å². The second-order valence-electron chi connectivity index (χ2n) is 6.10. The summed E-state index contributed by atoms with van der Waals surface area (Å²) in [6, 6.07) is 16.7. The highest BCUT2D eigenvalue weighted by molar-refractivity contribution is 5.43. The molecule has 1 fully saturated rings. The van der Waals surface area contributed by atoms with Crippen LogP contribution in [0.4, 0.5) is 0 Å². The van der Waals surface area contributed by atoms with Crippen LogP contribution >= 0.6 is 0 Å². The van der Waals surface area contributed by atoms with Crippen molar-refractivity contribution in [3.05, 3.63) is 59.7 Å². The molecule has 0 spiro atoms. The third kappa shape index (κ3) is 4.49. The molecule has 3 rings (SSSR count). The van der Waals surface area contributed by atoms with E-state index in [1.807, 2.05) is 12.1 Å². The molecule has 0 amide bonds. The first-order valence-electron chi connectivity index (χ1n) is 8.43. The van der Waals surface area contributed by atoms with Crippen molar-refractivity contribution in [1.82, 2.24) is 5.32 Å². The van der Waals surface area contributed by atoms with E-state index in [0.29, 0.717) is 6.10 Å². The number of methoxy groups -OCH3 is 1. The van der Waals surface area contributed by atoms with Gasteiger partial charge in [0, 0.05) is 13.1 Å². The lowest BCUT2D eigenvalue weighted by atomic mass is 10.2. The zero-order valence-corrected chi connectivity index (χ0v) is 13.8. The molecular formula is C20H25NO2. The maximum Gasteiger partial charge on any atom is 0.161 e. The Hall–Kier alpha value is -2.00. The highest BCUT2D eigenvalue weighted by Gasteiger charge is 2.18. The summed E-state index contributed by atoms with van der Waals surface area (Å²) in [5.41, 5.74) is 2.50. The summed E-state index contributed by atoms with van der Waals surface area (Å²) < 4.78 is 11.6. The van der Waals surface area contributed by atoms with E-state index in [1.165, 1.54) is 24.0 Å². The first kappa shape index (κ1) is 15.9. The Bertz CT molecular complexity index is 606. The van der Waals surface area contributed by atoms with Crippen molar-refractivity contribution in [2.45, 2.75) is 44.9 Å². The minimum absolute atomic E-state index is 0.353. The van der Waals surface area contributed by atoms with Gasteiger partial charge in [-0.2, -0.15) is 0 Å². The van der Waals surface area contributed by atoms with E-state index < -0.39 is 0 Å². The summed E-state index contributed by atoms with van der Waals surface area (Å²) in [7, 11) is 1.71. The zero-order valence-electron chi connectivity index (χ0n) is 13.8. The van der Waals surface area contributed by atoms with E-state index in [0.717, 1.165) is 37.4 Å². The first-order chi connectivity index (χ1) is 11.3. The number of nitrogens with one attached hydrogen (secondary N) is 1. The lowest BCUT2D eigenvalue weighted by Gasteiger charge is -2.16. The van der Waals surface area contributed by atoms with Gasteiger partial charge in [0.2, 0.25) is 0 Å². The Kier molecular flexibility index (Phi) is 5.54. The molecule has 2 aromatic carbocycles. The molecule has 1 aliphatic carbocycles. The molecule has 1 saturated carbocycles. The van der Waals surface area contributed by atoms with Gasteiger partial charge in [0.25, 0.3) is 0 Å². The SMILES string of the molecule is COc1cc(CNCc2ccccc2)ccc1OC1CCCC1. The lowest BCUT2D eigenvalue weighted by molar-refractivity contribution is 0.200. The van der Waals surface area contributed by atoms with Gasteiger partial charge in [-0.15, -0.1) is 0 Å². The fourth-order valence-electron chi connectivity index (χ4n) is 3.05. The van der Waals surface area contributed by atoms with Crippen LogP contribution in [0.25, 0.3) is 0 Å². The van der Waals surface area contributed by atoms with Crippen LogP contribution in [0.3, 0.4) is 0 Å². The fraction of sp³-hybridized carbons (Fsp3) is 0.400. The van der Waals surface area contributed by atoms with Crippen LogP contribution in [-0.4, -0.2) is 13.2 Å². The molecule has 2 aromatic rings. The molecule has 0 atom stereocenters. The smallest absolute Gasteiger partial charge is 0.161 e. The van der Waals surface area contributed by atoms with E-state index >= 15 is 0 Å². The van der Waals surface area contributed by atoms with Gasteiger partial charge in [0.15, 0.2) is 11.5 Å². The van der Waals surface area contributed by atoms with E-state index in [4.69, 9.17) is 9.47 Å². The molecule has 0 unspecified atom stereocenters. The van der Waals surface area contributed by atoms with Crippen LogP contribution in [-0.2, 0) is 13.1 Å². The largest absolute Gasteiger partial charge is 0.493 e. The summed E-state index contributed by atoms with van der Waals surface area (Å²) in [5.74, 6) is 1.70. The first-order valence-corrected chi connectivity index (χ1v) is 8.43. The lowest BCUT2D eigenvalue weighted by Crippen LogP contribution is -2.14. The molecule has 0 saturated heterocycles. The summed E-state index contributed by atoms with van der Waals surface area (Å²) >= 11 is 0. The van der Waals surface area contributed by atoms with Gasteiger partial charge in [0.05, 0.1) is 13.2 Å². The van der Waals surface area contributed by atoms with Crippen LogP contribution in [0.5, 0.6) is 11.5 Å². The van der Waals surface area contributed by atoms with Gasteiger partial charge >= 0.3 is 0 Å². The Morgan fingerprint density at radius 2 is 1.65 bits per heavy atom. The van der Waals surface area contributed by atoms with Gasteiger partial charge in [-0.1, -0.05) is 36.4 Å². The molecule has 1 aliphatic rings. The summed E-state index contributed by atoms with van der Waals surface area (Å²) in [6.45, 7) is 1.68. The topological polar surface area (TPSA) is 30.5 Å². The monoisotopic (exact) mass is 311 g/mol. The molecule has 3 heteroatoms. The second kappa shape index (κ2) is 8.02. The third-order valence-electron chi connectivity index (χ3n) is 4.32. The molecule has 1 N–H and O–H groups in total. The van der Waals surface area contributed by atoms with Crippen molar-refractivity contribution < 1.29 is 9.47 Å². The quantitative estimate of drug-likeness (QED) is 0.826. The van der Waals surface area contributed by atoms with Crippen LogP contribution in [0.15, 0.2) is 48.5 Å². The highest BCUT2D eigenvalue weighted by atomic mass is 16.5. The summed E-state index contributed by atoms with van der Waals surface area (Å²) in [5, 5.41) is 3.47. The average Bonchev–Trinajstić information content (AvgIpc) is 3.10. The van der Waals surface area contributed by atoms with Crippen molar-refractivity contribution in [2.24, 2.45) is 0 Å². The van der Waals surface area contributed by atoms with E-state index in [1.54, 1.807) is 7.11 Å². The Morgan fingerprint density at radius 3 is 2.39 bits per heavy atom. The van der Waals surface area contributed by atoms with Gasteiger partial charge in [-0.3, -0.25) is 0 Å². The standard InChI is InChI=1S/C20H25NO2/c1-22-20-13-17(15-21-14-16-7-3-2-4-8-16)11-12-19(20)23-18-9-5-6-10-18/h2-4,7-8,11-13,18,21H,5-6,9-10,14-15H2,1H3. The van der Waals surface area contributed by atoms with Crippen LogP contribution < -0.4 is 14.8 Å². The maximum atomic E-state index is 6.08. The summed E-state index contributed by atoms with van der Waals surface area (Å²) in [6.07, 6.45) is 5.21. The number of hydrogen-bond acceptors (Lipinski definition) is 3. The molecule has 23 heavy (non-hydrogen) atoms. The van der Waals surface area contributed by atoms with Gasteiger partial charge in [0.1, 0.15) is 0 Å². The van der Waals surface area contributed by atoms with Gasteiger partial charge < -0.3 is 14.8 Å². The molecule has 122 valence electrons. The molecule has 3 nitrogen and oxygen atoms in total. The number of rotatable bonds is 7. The minimum atomic E-state index is 0.353. The van der Waals surface area contributed by atoms with E-state index in [9.17, 15) is 0 Å². The highest BCUT2D eigenvalue weighted by Crippen LogP contribution is 2.32. The molecule has 0 aliphatic heterocycles. The zero-order chi connectivity index (χ0) is 15.9. The van der Waals surface area contributed by atoms with Crippen molar-refractivity contribution in [2.75, 3.05) is 7.11 Å². The van der Waals surface area contributed by atoms with Crippen molar-refractivity contribution in [1.29, 1.82) is 0 Å². The third-order valence-corrected chi connectivity index (χ3v) is 4.32. The molecule has 0 bridgehead atoms. The predicted octanol–water partition coefficient (Wildman–Crippen LogP) is 4.31. The van der Waals surface area contributed by atoms with E-state index in [-0.39, 0.29) is 0 Å². The molecule has 0 heterocycles. The minimum Gasteiger partial charge on any atom is -0.493 e. The van der Waals surface area contributed by atoms with Crippen LogP contribution in [0, 0.1) is 0 Å². The Morgan fingerprint density at radius 1 is 0.913 bits per heavy atom. The van der Waals surface area contributed by atoms with Crippen LogP contribution in [0.2, 0.25) is 0 Å².